The SMILES string of the molecule is O=C(NC1CC1)c1ccc(CN2CCn3cccc3[C@H]2c2ccc3c(c2)OCCO3)o1. The molecule has 7 nitrogen and oxygen atoms in total. The van der Waals surface area contributed by atoms with Crippen LogP contribution in [0.4, 0.5) is 0 Å². The second-order valence-corrected chi connectivity index (χ2v) is 8.42. The van der Waals surface area contributed by atoms with Gasteiger partial charge in [-0.05, 0) is 54.8 Å². The number of benzene rings is 1. The number of fused-ring (bicyclic) bond motifs is 2. The second-order valence-electron chi connectivity index (χ2n) is 8.42. The van der Waals surface area contributed by atoms with Gasteiger partial charge in [0.15, 0.2) is 17.3 Å². The van der Waals surface area contributed by atoms with Gasteiger partial charge in [-0.1, -0.05) is 6.07 Å². The molecule has 0 spiro atoms. The van der Waals surface area contributed by atoms with Gasteiger partial charge in [0.1, 0.15) is 19.0 Å². The lowest BCUT2D eigenvalue weighted by Crippen LogP contribution is -2.37. The molecule has 3 aliphatic rings. The van der Waals surface area contributed by atoms with Gasteiger partial charge in [-0.3, -0.25) is 9.69 Å². The van der Waals surface area contributed by atoms with Crippen LogP contribution in [0, 0.1) is 0 Å². The Morgan fingerprint density at radius 3 is 2.77 bits per heavy atom. The Hall–Kier alpha value is -3.19. The van der Waals surface area contributed by atoms with Crippen LogP contribution in [0.5, 0.6) is 11.5 Å². The van der Waals surface area contributed by atoms with E-state index in [0.717, 1.165) is 48.8 Å². The number of aromatic nitrogens is 1. The number of hydrogen-bond donors (Lipinski definition) is 1. The van der Waals surface area contributed by atoms with Crippen LogP contribution < -0.4 is 14.8 Å². The molecule has 0 saturated heterocycles. The van der Waals surface area contributed by atoms with Gasteiger partial charge in [-0.2, -0.15) is 0 Å². The van der Waals surface area contributed by atoms with Crippen LogP contribution in [0.3, 0.4) is 0 Å². The molecule has 160 valence electrons. The molecule has 1 atom stereocenters. The molecule has 1 aliphatic carbocycles. The first kappa shape index (κ1) is 18.6. The van der Waals surface area contributed by atoms with Crippen LogP contribution in [-0.2, 0) is 13.1 Å². The number of amides is 1. The van der Waals surface area contributed by atoms with Crippen LogP contribution in [0.25, 0.3) is 0 Å². The molecular weight excluding hydrogens is 394 g/mol. The van der Waals surface area contributed by atoms with Crippen LogP contribution in [0.15, 0.2) is 53.1 Å². The maximum atomic E-state index is 12.3. The number of nitrogens with zero attached hydrogens (tertiary/aromatic N) is 2. The Morgan fingerprint density at radius 1 is 1.03 bits per heavy atom. The maximum Gasteiger partial charge on any atom is 0.287 e. The third-order valence-electron chi connectivity index (χ3n) is 6.18. The molecule has 1 N–H and O–H groups in total. The normalized spacial score (nSPS) is 20.3. The first-order valence-electron chi connectivity index (χ1n) is 10.9. The molecule has 3 aromatic rings. The topological polar surface area (TPSA) is 68.9 Å². The first-order valence-corrected chi connectivity index (χ1v) is 10.9. The molecule has 1 aromatic carbocycles. The summed E-state index contributed by atoms with van der Waals surface area (Å²) < 4.78 is 19.8. The fourth-order valence-corrected chi connectivity index (χ4v) is 4.48. The van der Waals surface area contributed by atoms with E-state index in [-0.39, 0.29) is 11.9 Å². The van der Waals surface area contributed by atoms with E-state index in [0.29, 0.717) is 31.6 Å². The summed E-state index contributed by atoms with van der Waals surface area (Å²) in [5.41, 5.74) is 2.39. The summed E-state index contributed by atoms with van der Waals surface area (Å²) in [7, 11) is 0. The molecule has 1 fully saturated rings. The summed E-state index contributed by atoms with van der Waals surface area (Å²) >= 11 is 0. The van der Waals surface area contributed by atoms with E-state index in [1.807, 2.05) is 12.1 Å². The maximum absolute atomic E-state index is 12.3. The Labute approximate surface area is 180 Å². The quantitative estimate of drug-likeness (QED) is 0.687. The zero-order chi connectivity index (χ0) is 20.8. The van der Waals surface area contributed by atoms with Crippen LogP contribution in [0.1, 0.15) is 46.5 Å². The van der Waals surface area contributed by atoms with Crippen molar-refractivity contribution in [2.75, 3.05) is 19.8 Å². The Morgan fingerprint density at radius 2 is 1.90 bits per heavy atom. The highest BCUT2D eigenvalue weighted by Crippen LogP contribution is 2.39. The summed E-state index contributed by atoms with van der Waals surface area (Å²) in [6.07, 6.45) is 4.25. The number of rotatable bonds is 5. The fraction of sp³-hybridized carbons (Fsp3) is 0.375. The molecule has 0 unspecified atom stereocenters. The molecule has 31 heavy (non-hydrogen) atoms. The minimum absolute atomic E-state index is 0.0633. The first-order chi connectivity index (χ1) is 15.2. The summed E-state index contributed by atoms with van der Waals surface area (Å²) in [6.45, 7) is 3.57. The van der Waals surface area contributed by atoms with Gasteiger partial charge < -0.3 is 23.8 Å². The van der Waals surface area contributed by atoms with Crippen molar-refractivity contribution in [1.82, 2.24) is 14.8 Å². The summed E-state index contributed by atoms with van der Waals surface area (Å²) in [6, 6.07) is 14.5. The van der Waals surface area contributed by atoms with Crippen molar-refractivity contribution < 1.29 is 18.7 Å². The van der Waals surface area contributed by atoms with Crippen LogP contribution in [-0.4, -0.2) is 41.2 Å². The number of furan rings is 1. The largest absolute Gasteiger partial charge is 0.486 e. The van der Waals surface area contributed by atoms with E-state index in [4.69, 9.17) is 13.9 Å². The Kier molecular flexibility index (Phi) is 4.49. The number of carbonyl (C=O) groups is 1. The van der Waals surface area contributed by atoms with Crippen molar-refractivity contribution in [2.24, 2.45) is 0 Å². The molecular formula is C24H25N3O4. The summed E-state index contributed by atoms with van der Waals surface area (Å²) in [5, 5.41) is 2.98. The lowest BCUT2D eigenvalue weighted by Gasteiger charge is -2.37. The average molecular weight is 419 g/mol. The van der Waals surface area contributed by atoms with Crippen molar-refractivity contribution in [2.45, 2.75) is 38.0 Å². The second kappa shape index (κ2) is 7.50. The van der Waals surface area contributed by atoms with E-state index in [9.17, 15) is 4.79 Å². The average Bonchev–Trinajstić information content (AvgIpc) is 3.27. The van der Waals surface area contributed by atoms with Gasteiger partial charge in [-0.15, -0.1) is 0 Å². The number of ether oxygens (including phenoxy) is 2. The number of carbonyl (C=O) groups excluding carboxylic acids is 1. The molecule has 2 aromatic heterocycles. The van der Waals surface area contributed by atoms with E-state index in [1.54, 1.807) is 6.07 Å². The fourth-order valence-electron chi connectivity index (χ4n) is 4.48. The van der Waals surface area contributed by atoms with Crippen LogP contribution in [0.2, 0.25) is 0 Å². The zero-order valence-corrected chi connectivity index (χ0v) is 17.3. The van der Waals surface area contributed by atoms with E-state index in [2.05, 4.69) is 45.2 Å². The van der Waals surface area contributed by atoms with E-state index in [1.165, 1.54) is 5.69 Å². The molecule has 0 bridgehead atoms. The number of nitrogens with one attached hydrogen (secondary N) is 1. The smallest absolute Gasteiger partial charge is 0.287 e. The van der Waals surface area contributed by atoms with Gasteiger partial charge in [0.25, 0.3) is 5.91 Å². The van der Waals surface area contributed by atoms with E-state index >= 15 is 0 Å². The van der Waals surface area contributed by atoms with Crippen molar-refractivity contribution in [1.29, 1.82) is 0 Å². The van der Waals surface area contributed by atoms with Gasteiger partial charge in [0.05, 0.1) is 12.6 Å². The summed E-state index contributed by atoms with van der Waals surface area (Å²) in [4.78, 5) is 14.7. The highest BCUT2D eigenvalue weighted by molar-refractivity contribution is 5.91. The van der Waals surface area contributed by atoms with Gasteiger partial charge >= 0.3 is 0 Å². The predicted octanol–water partition coefficient (Wildman–Crippen LogP) is 3.35. The highest BCUT2D eigenvalue weighted by Gasteiger charge is 2.31. The Bertz CT molecular complexity index is 1110. The van der Waals surface area contributed by atoms with Crippen LogP contribution >= 0.6 is 0 Å². The molecule has 0 radical (unpaired) electrons. The van der Waals surface area contributed by atoms with Gasteiger partial charge in [-0.25, -0.2) is 0 Å². The van der Waals surface area contributed by atoms with Crippen molar-refractivity contribution in [3.05, 3.63) is 71.4 Å². The molecule has 1 amide bonds. The molecule has 2 aliphatic heterocycles. The minimum Gasteiger partial charge on any atom is -0.486 e. The predicted molar refractivity (Wildman–Crippen MR) is 113 cm³/mol. The van der Waals surface area contributed by atoms with Crippen molar-refractivity contribution in [3.8, 4) is 11.5 Å². The molecule has 6 rings (SSSR count). The lowest BCUT2D eigenvalue weighted by atomic mass is 9.99. The third kappa shape index (κ3) is 3.59. The standard InChI is InChI=1S/C24H25N3O4/c28-24(25-17-4-5-17)21-8-6-18(31-21)15-27-11-10-26-9-1-2-19(26)23(27)16-3-7-20-22(14-16)30-13-12-29-20/h1-3,6-9,14,17,23H,4-5,10-13,15H2,(H,25,28)/t23-/m1/s1. The lowest BCUT2D eigenvalue weighted by molar-refractivity contribution is 0.0916. The van der Waals surface area contributed by atoms with E-state index < -0.39 is 0 Å². The molecule has 4 heterocycles. The zero-order valence-electron chi connectivity index (χ0n) is 17.3. The monoisotopic (exact) mass is 419 g/mol. The van der Waals surface area contributed by atoms with Crippen molar-refractivity contribution >= 4 is 5.91 Å². The number of hydrogen-bond acceptors (Lipinski definition) is 5. The highest BCUT2D eigenvalue weighted by atomic mass is 16.6. The third-order valence-corrected chi connectivity index (χ3v) is 6.18. The minimum atomic E-state index is -0.121. The van der Waals surface area contributed by atoms with Gasteiger partial charge in [0.2, 0.25) is 0 Å². The molecule has 7 heteroatoms. The Balaban J connectivity index is 1.28. The van der Waals surface area contributed by atoms with Gasteiger partial charge in [0, 0.05) is 31.0 Å². The van der Waals surface area contributed by atoms with Crippen molar-refractivity contribution in [3.63, 3.8) is 0 Å². The molecule has 1 saturated carbocycles. The summed E-state index contributed by atoms with van der Waals surface area (Å²) in [5.74, 6) is 2.65.